The van der Waals surface area contributed by atoms with E-state index < -0.39 is 11.8 Å². The lowest BCUT2D eigenvalue weighted by Crippen LogP contribution is -2.53. The van der Waals surface area contributed by atoms with E-state index in [1.54, 1.807) is 30.3 Å². The molecule has 0 bridgehead atoms. The van der Waals surface area contributed by atoms with Crippen molar-refractivity contribution < 1.29 is 19.1 Å². The summed E-state index contributed by atoms with van der Waals surface area (Å²) in [5, 5.41) is 3.57. The van der Waals surface area contributed by atoms with E-state index >= 15 is 0 Å². The summed E-state index contributed by atoms with van der Waals surface area (Å²) in [7, 11) is 1.49. The first kappa shape index (κ1) is 24.3. The average molecular weight is 556 g/mol. The maximum Gasteiger partial charge on any atom is 0.265 e. The fraction of sp³-hybridized carbons (Fsp3) is 0.136. The third kappa shape index (κ3) is 5.32. The highest BCUT2D eigenvalue weighted by molar-refractivity contribution is 9.10. The molecule has 1 N–H and O–H groups in total. The third-order valence-corrected chi connectivity index (χ3v) is 5.95. The lowest BCUT2D eigenvalue weighted by molar-refractivity contribution is -0.128. The van der Waals surface area contributed by atoms with E-state index in [4.69, 9.17) is 44.9 Å². The van der Waals surface area contributed by atoms with E-state index in [1.807, 2.05) is 0 Å². The van der Waals surface area contributed by atoms with Gasteiger partial charge in [0.05, 0.1) is 11.6 Å². The van der Waals surface area contributed by atoms with Crippen LogP contribution < -0.4 is 14.8 Å². The van der Waals surface area contributed by atoms with Crippen molar-refractivity contribution in [1.29, 1.82) is 0 Å². The molecule has 2 amide bonds. The van der Waals surface area contributed by atoms with E-state index in [0.717, 1.165) is 5.56 Å². The maximum atomic E-state index is 12.7. The molecular formula is C22H17BrCl2N2O4S. The molecule has 3 rings (SSSR count). The summed E-state index contributed by atoms with van der Waals surface area (Å²) >= 11 is 20.7. The van der Waals surface area contributed by atoms with Crippen LogP contribution in [-0.4, -0.2) is 35.5 Å². The second-order valence-electron chi connectivity index (χ2n) is 6.58. The Labute approximate surface area is 208 Å². The minimum atomic E-state index is -0.576. The number of carbonyl (C=O) groups excluding carboxylic acids is 2. The molecule has 2 aromatic rings. The number of hydrogen-bond donors (Lipinski definition) is 1. The molecule has 0 unspecified atom stereocenters. The van der Waals surface area contributed by atoms with Gasteiger partial charge in [-0.05, 0) is 64.1 Å². The minimum absolute atomic E-state index is 0.0421. The number of amides is 2. The monoisotopic (exact) mass is 554 g/mol. The Kier molecular flexibility index (Phi) is 7.95. The first-order valence-electron chi connectivity index (χ1n) is 9.19. The molecule has 6 nitrogen and oxygen atoms in total. The second kappa shape index (κ2) is 10.5. The first-order valence-corrected chi connectivity index (χ1v) is 11.1. The molecule has 0 saturated carbocycles. The van der Waals surface area contributed by atoms with Crippen molar-refractivity contribution in [1.82, 2.24) is 10.2 Å². The number of methoxy groups -OCH3 is 1. The van der Waals surface area contributed by atoms with Gasteiger partial charge < -0.3 is 9.47 Å². The Morgan fingerprint density at radius 1 is 1.25 bits per heavy atom. The van der Waals surface area contributed by atoms with Crippen molar-refractivity contribution in [2.75, 3.05) is 13.7 Å². The fourth-order valence-corrected chi connectivity index (χ4v) is 4.19. The van der Waals surface area contributed by atoms with Gasteiger partial charge in [0.15, 0.2) is 16.6 Å². The Morgan fingerprint density at radius 2 is 2.00 bits per heavy atom. The fourth-order valence-electron chi connectivity index (χ4n) is 2.91. The van der Waals surface area contributed by atoms with Gasteiger partial charge in [-0.15, -0.1) is 6.58 Å². The van der Waals surface area contributed by atoms with E-state index in [2.05, 4.69) is 27.8 Å². The van der Waals surface area contributed by atoms with E-state index in [1.165, 1.54) is 24.2 Å². The first-order chi connectivity index (χ1) is 15.2. The molecule has 1 aliphatic rings. The Morgan fingerprint density at radius 3 is 2.66 bits per heavy atom. The van der Waals surface area contributed by atoms with Crippen molar-refractivity contribution >= 4 is 74.4 Å². The van der Waals surface area contributed by atoms with Crippen molar-refractivity contribution in [3.63, 3.8) is 0 Å². The highest BCUT2D eigenvalue weighted by Gasteiger charge is 2.32. The van der Waals surface area contributed by atoms with Crippen molar-refractivity contribution in [3.05, 3.63) is 74.2 Å². The zero-order valence-corrected chi connectivity index (χ0v) is 20.7. The highest BCUT2D eigenvalue weighted by Crippen LogP contribution is 2.38. The Bertz CT molecular complexity index is 1150. The lowest BCUT2D eigenvalue weighted by Gasteiger charge is -2.27. The number of hydrogen-bond acceptors (Lipinski definition) is 5. The van der Waals surface area contributed by atoms with Crippen molar-refractivity contribution in [2.45, 2.75) is 6.61 Å². The van der Waals surface area contributed by atoms with Gasteiger partial charge in [0.25, 0.3) is 11.8 Å². The van der Waals surface area contributed by atoms with Crippen LogP contribution in [0.2, 0.25) is 10.0 Å². The molecule has 2 aromatic carbocycles. The molecule has 1 saturated heterocycles. The van der Waals surface area contributed by atoms with E-state index in [-0.39, 0.29) is 23.8 Å². The van der Waals surface area contributed by atoms with Crippen LogP contribution in [0.25, 0.3) is 6.08 Å². The van der Waals surface area contributed by atoms with Crippen LogP contribution in [0.15, 0.2) is 53.0 Å². The molecule has 166 valence electrons. The number of nitrogens with one attached hydrogen (secondary N) is 1. The molecule has 32 heavy (non-hydrogen) atoms. The van der Waals surface area contributed by atoms with Crippen LogP contribution in [-0.2, 0) is 16.2 Å². The summed E-state index contributed by atoms with van der Waals surface area (Å²) in [5.41, 5.74) is 1.24. The van der Waals surface area contributed by atoms with Crippen LogP contribution >= 0.6 is 51.3 Å². The van der Waals surface area contributed by atoms with Crippen LogP contribution in [0.5, 0.6) is 11.5 Å². The smallest absolute Gasteiger partial charge is 0.265 e. The molecular weight excluding hydrogens is 539 g/mol. The van der Waals surface area contributed by atoms with Gasteiger partial charge in [-0.2, -0.15) is 0 Å². The third-order valence-electron chi connectivity index (χ3n) is 4.45. The SMILES string of the molecule is C=CCN1C(=O)/C(=C/c2cc(Br)c(OCc3ccc(Cl)cc3Cl)c(OC)c2)C(=O)NC1=S. The zero-order valence-electron chi connectivity index (χ0n) is 16.8. The second-order valence-corrected chi connectivity index (χ2v) is 8.66. The summed E-state index contributed by atoms with van der Waals surface area (Å²) in [6, 6.07) is 8.50. The number of benzene rings is 2. The summed E-state index contributed by atoms with van der Waals surface area (Å²) < 4.78 is 11.9. The number of rotatable bonds is 7. The maximum absolute atomic E-state index is 12.7. The van der Waals surface area contributed by atoms with Crippen molar-refractivity contribution in [3.8, 4) is 11.5 Å². The van der Waals surface area contributed by atoms with Crippen LogP contribution in [0.3, 0.4) is 0 Å². The van der Waals surface area contributed by atoms with Gasteiger partial charge in [-0.3, -0.25) is 19.8 Å². The molecule has 0 aliphatic carbocycles. The number of halogens is 3. The van der Waals surface area contributed by atoms with Crippen LogP contribution in [0, 0.1) is 0 Å². The van der Waals surface area contributed by atoms with Gasteiger partial charge in [0, 0.05) is 22.2 Å². The Hall–Kier alpha value is -2.39. The molecule has 10 heteroatoms. The summed E-state index contributed by atoms with van der Waals surface area (Å²) in [6.07, 6.45) is 2.99. The van der Waals surface area contributed by atoms with Gasteiger partial charge in [-0.25, -0.2) is 0 Å². The predicted molar refractivity (Wildman–Crippen MR) is 132 cm³/mol. The van der Waals surface area contributed by atoms with E-state index in [9.17, 15) is 9.59 Å². The standard InChI is InChI=1S/C22H17BrCl2N2O4S/c1-3-6-27-21(29)15(20(28)26-22(27)32)7-12-8-16(23)19(18(9-12)30-2)31-11-13-4-5-14(24)10-17(13)25/h3-5,7-10H,1,6,11H2,2H3,(H,26,28,32)/b15-7+. The van der Waals surface area contributed by atoms with Crippen LogP contribution in [0.4, 0.5) is 0 Å². The van der Waals surface area contributed by atoms with Crippen LogP contribution in [0.1, 0.15) is 11.1 Å². The number of ether oxygens (including phenoxy) is 2. The van der Waals surface area contributed by atoms with Gasteiger partial charge >= 0.3 is 0 Å². The normalized spacial score (nSPS) is 15.1. The number of nitrogens with zero attached hydrogens (tertiary/aromatic N) is 1. The summed E-state index contributed by atoms with van der Waals surface area (Å²) in [5.74, 6) is -0.243. The minimum Gasteiger partial charge on any atom is -0.493 e. The largest absolute Gasteiger partial charge is 0.493 e. The average Bonchev–Trinajstić information content (AvgIpc) is 2.74. The quantitative estimate of drug-likeness (QED) is 0.221. The zero-order chi connectivity index (χ0) is 23.4. The molecule has 0 radical (unpaired) electrons. The summed E-state index contributed by atoms with van der Waals surface area (Å²) in [4.78, 5) is 26.4. The topological polar surface area (TPSA) is 67.9 Å². The molecule has 1 aliphatic heterocycles. The Balaban J connectivity index is 1.90. The van der Waals surface area contributed by atoms with Gasteiger partial charge in [0.2, 0.25) is 0 Å². The lowest BCUT2D eigenvalue weighted by atomic mass is 10.1. The molecule has 1 heterocycles. The molecule has 0 spiro atoms. The molecule has 0 atom stereocenters. The number of carbonyl (C=O) groups is 2. The van der Waals surface area contributed by atoms with Gasteiger partial charge in [-0.1, -0.05) is 35.3 Å². The number of thiocarbonyl (C=S) groups is 1. The molecule has 1 fully saturated rings. The molecule has 0 aromatic heterocycles. The highest BCUT2D eigenvalue weighted by atomic mass is 79.9. The van der Waals surface area contributed by atoms with Gasteiger partial charge in [0.1, 0.15) is 12.2 Å². The predicted octanol–water partition coefficient (Wildman–Crippen LogP) is 5.16. The van der Waals surface area contributed by atoms with Crippen molar-refractivity contribution in [2.24, 2.45) is 0 Å². The van der Waals surface area contributed by atoms with E-state index in [0.29, 0.717) is 31.6 Å². The summed E-state index contributed by atoms with van der Waals surface area (Å²) in [6.45, 7) is 3.97.